The number of benzene rings is 1. The fraction of sp³-hybridized carbons (Fsp3) is 0.758. The molecular weight excluding hydrogens is 740 g/mol. The quantitative estimate of drug-likeness (QED) is 0.201. The van der Waals surface area contributed by atoms with E-state index in [9.17, 15) is 18.0 Å². The van der Waals surface area contributed by atoms with Crippen LogP contribution in [-0.4, -0.2) is 119 Å². The van der Waals surface area contributed by atoms with Crippen molar-refractivity contribution in [2.45, 2.75) is 125 Å². The Balaban J connectivity index is 0.000000207. The van der Waals surface area contributed by atoms with Gasteiger partial charge in [0.2, 0.25) is 0 Å². The van der Waals surface area contributed by atoms with Gasteiger partial charge >= 0.3 is 51.4 Å². The average Bonchev–Trinajstić information content (AvgIpc) is 3.84. The number of hydrogen-bond donors (Lipinski definition) is 0. The van der Waals surface area contributed by atoms with E-state index in [0.29, 0.717) is 26.4 Å². The van der Waals surface area contributed by atoms with Crippen LogP contribution in [0, 0.1) is 6.92 Å². The summed E-state index contributed by atoms with van der Waals surface area (Å²) >= 11 is 5.29. The van der Waals surface area contributed by atoms with Crippen LogP contribution in [0.5, 0.6) is 0 Å². The molecule has 50 heavy (non-hydrogen) atoms. The molecule has 13 nitrogen and oxygen atoms in total. The normalized spacial score (nSPS) is 34.6. The molecule has 2 unspecified atom stereocenters. The third-order valence-corrected chi connectivity index (χ3v) is 11.1. The summed E-state index contributed by atoms with van der Waals surface area (Å²) in [4.78, 5) is 20.6. The summed E-state index contributed by atoms with van der Waals surface area (Å²) in [6, 6.07) is 6.56. The number of ether oxygens (including phenoxy) is 8. The van der Waals surface area contributed by atoms with E-state index in [4.69, 9.17) is 42.1 Å². The van der Waals surface area contributed by atoms with Gasteiger partial charge in [-0.2, -0.15) is 8.42 Å². The van der Waals surface area contributed by atoms with Gasteiger partial charge in [-0.3, -0.25) is 8.98 Å². The summed E-state index contributed by atoms with van der Waals surface area (Å²) in [6.45, 7) is 7.89. The molecule has 6 heterocycles. The minimum Gasteiger partial charge on any atom is -0.742 e. The van der Waals surface area contributed by atoms with Gasteiger partial charge in [0.1, 0.15) is 42.7 Å². The predicted molar refractivity (Wildman–Crippen MR) is 179 cm³/mol. The molecule has 0 aromatic heterocycles. The molecule has 0 N–H and O–H groups in total. The summed E-state index contributed by atoms with van der Waals surface area (Å²) in [6.07, 6.45) is 3.96. The van der Waals surface area contributed by atoms with Crippen molar-refractivity contribution in [2.24, 2.45) is 0 Å². The molecule has 0 aliphatic carbocycles. The van der Waals surface area contributed by atoms with Crippen molar-refractivity contribution in [3.8, 4) is 0 Å². The molecule has 0 spiro atoms. The van der Waals surface area contributed by atoms with Crippen molar-refractivity contribution in [1.82, 2.24) is 0 Å². The Hall–Kier alpha value is 0.356. The maximum Gasteiger partial charge on any atom is 1.00 e. The smallest absolute Gasteiger partial charge is 0.742 e. The molecule has 276 valence electrons. The van der Waals surface area contributed by atoms with Crippen molar-refractivity contribution in [3.63, 3.8) is 0 Å². The molecule has 17 heteroatoms. The van der Waals surface area contributed by atoms with Gasteiger partial charge in [0.05, 0.1) is 36.6 Å². The Labute approximate surface area is 347 Å². The number of carbonyl (C=O) groups is 2. The molecule has 0 radical (unpaired) electrons. The Morgan fingerprint density at radius 1 is 0.720 bits per heavy atom. The van der Waals surface area contributed by atoms with Gasteiger partial charge in [-0.15, -0.1) is 0 Å². The SMILES string of the molecule is CC(=O)S[C@@H]1CO[C@H]2[C@@H]1OC[C@H]2OC1CCCCO1.CC(=O)[S-].Cc1ccc(S(=O)(=O)O[C@H]2CO[C@H]3[C@@H]2OC[C@H]3OC2CCCCO2)cc1.[K+]. The Bertz CT molecular complexity index is 1320. The van der Waals surface area contributed by atoms with Gasteiger partial charge < -0.3 is 55.3 Å². The van der Waals surface area contributed by atoms with Crippen LogP contribution in [0.4, 0.5) is 0 Å². The van der Waals surface area contributed by atoms with Crippen molar-refractivity contribution in [3.05, 3.63) is 29.8 Å². The molecule has 1 aromatic carbocycles. The molecule has 6 aliphatic heterocycles. The second-order valence-electron chi connectivity index (χ2n) is 12.7. The number of hydrogen-bond acceptors (Lipinski definition) is 15. The number of carbonyl (C=O) groups excluding carboxylic acids is 2. The summed E-state index contributed by atoms with van der Waals surface area (Å²) in [5.74, 6) is 0. The monoisotopic (exact) mass is 786 g/mol. The van der Waals surface area contributed by atoms with Crippen molar-refractivity contribution >= 4 is 44.7 Å². The van der Waals surface area contributed by atoms with Gasteiger partial charge in [0, 0.05) is 25.3 Å². The van der Waals surface area contributed by atoms with E-state index >= 15 is 0 Å². The first kappa shape index (κ1) is 43.1. The molecule has 1 aromatic rings. The fourth-order valence-electron chi connectivity index (χ4n) is 6.44. The zero-order chi connectivity index (χ0) is 35.0. The van der Waals surface area contributed by atoms with Crippen LogP contribution in [0.15, 0.2) is 29.2 Å². The van der Waals surface area contributed by atoms with Gasteiger partial charge in [0.15, 0.2) is 17.7 Å². The van der Waals surface area contributed by atoms with Crippen molar-refractivity contribution < 1.29 is 111 Å². The summed E-state index contributed by atoms with van der Waals surface area (Å²) in [7, 11) is -3.87. The first-order valence-corrected chi connectivity index (χ1v) is 19.5. The Morgan fingerprint density at radius 2 is 1.18 bits per heavy atom. The van der Waals surface area contributed by atoms with Gasteiger partial charge in [0.25, 0.3) is 10.1 Å². The first-order chi connectivity index (χ1) is 23.5. The molecule has 6 aliphatic rings. The predicted octanol–water partition coefficient (Wildman–Crippen LogP) is 0.206. The number of thioether (sulfide) groups is 1. The second-order valence-corrected chi connectivity index (χ2v) is 16.2. The Kier molecular flexibility index (Phi) is 18.0. The van der Waals surface area contributed by atoms with Crippen LogP contribution in [-0.2, 0) is 74.4 Å². The number of fused-ring (bicyclic) bond motifs is 2. The standard InChI is InChI=1S/C18H24O7S.C13H20O5S.C2H4OS.K/c1-12-5-7-13(8-6-12)26(19,20)25-15-11-23-17-14(10-22-18(15)17)24-16-4-2-3-9-21-16;1-8(14)19-10-7-17-12-9(6-16-13(10)12)18-11-4-2-3-5-15-11;1-2(3)4;/h5-8,14-18H,2-4,9-11H2,1H3;9-13H,2-7H2,1H3;1H3,(H,3,4);/q;;;+1/p-1/t14-,15+,16?,17-,18-;9-,10-,11?,12-,13-;;/m11../s1. The van der Waals surface area contributed by atoms with E-state index in [-0.39, 0.29) is 121 Å². The van der Waals surface area contributed by atoms with E-state index in [2.05, 4.69) is 12.6 Å². The van der Waals surface area contributed by atoms with Gasteiger partial charge in [-0.05, 0) is 64.5 Å². The molecule has 10 atom stereocenters. The zero-order valence-corrected chi connectivity index (χ0v) is 34.7. The van der Waals surface area contributed by atoms with Crippen LogP contribution in [0.1, 0.15) is 57.9 Å². The molecule has 6 saturated heterocycles. The third-order valence-electron chi connectivity index (χ3n) is 8.73. The minimum atomic E-state index is -3.87. The van der Waals surface area contributed by atoms with Gasteiger partial charge in [-0.1, -0.05) is 29.5 Å². The first-order valence-electron chi connectivity index (χ1n) is 16.9. The van der Waals surface area contributed by atoms with E-state index in [1.165, 1.54) is 18.7 Å². The third kappa shape index (κ3) is 12.4. The summed E-state index contributed by atoms with van der Waals surface area (Å²) in [5.41, 5.74) is 0.984. The number of aryl methyl sites for hydroxylation is 1. The van der Waals surface area contributed by atoms with Crippen LogP contribution < -0.4 is 51.4 Å². The number of rotatable bonds is 8. The maximum atomic E-state index is 12.5. The average molecular weight is 787 g/mol. The second kappa shape index (κ2) is 20.9. The molecule has 0 bridgehead atoms. The zero-order valence-electron chi connectivity index (χ0n) is 29.1. The summed E-state index contributed by atoms with van der Waals surface area (Å²) < 4.78 is 76.6. The topological polar surface area (TPSA) is 151 Å². The fourth-order valence-corrected chi connectivity index (χ4v) is 8.45. The minimum absolute atomic E-state index is 0. The van der Waals surface area contributed by atoms with Crippen molar-refractivity contribution in [1.29, 1.82) is 0 Å². The molecule has 0 saturated carbocycles. The van der Waals surface area contributed by atoms with Crippen LogP contribution >= 0.6 is 11.8 Å². The molecule has 0 amide bonds. The van der Waals surface area contributed by atoms with E-state index in [1.54, 1.807) is 31.2 Å². The van der Waals surface area contributed by atoms with Gasteiger partial charge in [-0.25, -0.2) is 0 Å². The van der Waals surface area contributed by atoms with E-state index in [1.807, 2.05) is 6.92 Å². The maximum absolute atomic E-state index is 12.5. The Morgan fingerprint density at radius 3 is 1.68 bits per heavy atom. The van der Waals surface area contributed by atoms with Crippen LogP contribution in [0.2, 0.25) is 0 Å². The molecular formula is C33H47KO13S3. The largest absolute Gasteiger partial charge is 1.00 e. The summed E-state index contributed by atoms with van der Waals surface area (Å²) in [5, 5.41) is -0.0405. The molecule has 7 rings (SSSR count). The van der Waals surface area contributed by atoms with E-state index < -0.39 is 22.3 Å². The van der Waals surface area contributed by atoms with Crippen LogP contribution in [0.25, 0.3) is 0 Å². The van der Waals surface area contributed by atoms with E-state index in [0.717, 1.165) is 50.7 Å². The van der Waals surface area contributed by atoms with Crippen molar-refractivity contribution in [2.75, 3.05) is 39.6 Å². The van der Waals surface area contributed by atoms with Crippen LogP contribution in [0.3, 0.4) is 0 Å². The molecule has 6 fully saturated rings.